The molecule has 2 aromatic heterocycles. The lowest BCUT2D eigenvalue weighted by molar-refractivity contribution is -0.121. The van der Waals surface area contributed by atoms with Crippen molar-refractivity contribution in [3.63, 3.8) is 0 Å². The predicted octanol–water partition coefficient (Wildman–Crippen LogP) is 2.95. The standard InChI is InChI=1S/C19H19N3O2/c1-14(23)17-13-22(18-5-3-2-4-16(17)18)11-8-19(24)21-12-15-6-9-20-10-7-15/h2-7,9-10,13H,8,11-12H2,1H3,(H,21,24). The number of hydrogen-bond acceptors (Lipinski definition) is 3. The van der Waals surface area contributed by atoms with E-state index in [1.54, 1.807) is 19.3 Å². The average molecular weight is 321 g/mol. The maximum Gasteiger partial charge on any atom is 0.222 e. The molecule has 0 aliphatic heterocycles. The Bertz CT molecular complexity index is 869. The van der Waals surface area contributed by atoms with Gasteiger partial charge in [-0.25, -0.2) is 0 Å². The Balaban J connectivity index is 1.65. The maximum absolute atomic E-state index is 12.1. The molecule has 0 saturated heterocycles. The van der Waals surface area contributed by atoms with Gasteiger partial charge in [0.05, 0.1) is 0 Å². The summed E-state index contributed by atoms with van der Waals surface area (Å²) < 4.78 is 1.97. The quantitative estimate of drug-likeness (QED) is 0.710. The van der Waals surface area contributed by atoms with Crippen LogP contribution in [0.5, 0.6) is 0 Å². The highest BCUT2D eigenvalue weighted by atomic mass is 16.1. The van der Waals surface area contributed by atoms with Crippen molar-refractivity contribution in [2.24, 2.45) is 0 Å². The lowest BCUT2D eigenvalue weighted by Gasteiger charge is -2.07. The zero-order valence-electron chi connectivity index (χ0n) is 13.5. The number of hydrogen-bond donors (Lipinski definition) is 1. The number of nitrogens with zero attached hydrogens (tertiary/aromatic N) is 2. The molecule has 0 saturated carbocycles. The van der Waals surface area contributed by atoms with Crippen LogP contribution in [0, 0.1) is 0 Å². The van der Waals surface area contributed by atoms with Gasteiger partial charge in [0.25, 0.3) is 0 Å². The first kappa shape index (κ1) is 15.9. The average Bonchev–Trinajstić information content (AvgIpc) is 2.98. The zero-order chi connectivity index (χ0) is 16.9. The van der Waals surface area contributed by atoms with Crippen molar-refractivity contribution in [3.05, 3.63) is 66.1 Å². The van der Waals surface area contributed by atoms with E-state index in [0.717, 1.165) is 16.5 Å². The molecule has 2 heterocycles. The number of rotatable bonds is 6. The van der Waals surface area contributed by atoms with E-state index in [-0.39, 0.29) is 11.7 Å². The summed E-state index contributed by atoms with van der Waals surface area (Å²) in [6.07, 6.45) is 5.61. The number of ketones is 1. The van der Waals surface area contributed by atoms with Gasteiger partial charge in [0.2, 0.25) is 5.91 Å². The molecule has 1 aromatic carbocycles. The second-order valence-corrected chi connectivity index (χ2v) is 5.69. The SMILES string of the molecule is CC(=O)c1cn(CCC(=O)NCc2ccncc2)c2ccccc12. The third kappa shape index (κ3) is 3.51. The minimum atomic E-state index is -0.0195. The molecular weight excluding hydrogens is 302 g/mol. The summed E-state index contributed by atoms with van der Waals surface area (Å²) in [6.45, 7) is 2.59. The van der Waals surface area contributed by atoms with Crippen LogP contribution in [0.3, 0.4) is 0 Å². The van der Waals surface area contributed by atoms with Crippen LogP contribution < -0.4 is 5.32 Å². The van der Waals surface area contributed by atoms with E-state index in [2.05, 4.69) is 10.3 Å². The van der Waals surface area contributed by atoms with Crippen LogP contribution in [0.1, 0.15) is 29.3 Å². The van der Waals surface area contributed by atoms with E-state index in [9.17, 15) is 9.59 Å². The van der Waals surface area contributed by atoms with Crippen molar-refractivity contribution in [1.82, 2.24) is 14.9 Å². The summed E-state index contributed by atoms with van der Waals surface area (Å²) in [4.78, 5) is 27.8. The lowest BCUT2D eigenvalue weighted by atomic mass is 10.1. The smallest absolute Gasteiger partial charge is 0.222 e. The summed E-state index contributed by atoms with van der Waals surface area (Å²) in [5.74, 6) is 0.0149. The monoisotopic (exact) mass is 321 g/mol. The summed E-state index contributed by atoms with van der Waals surface area (Å²) in [7, 11) is 0. The van der Waals surface area contributed by atoms with E-state index in [0.29, 0.717) is 25.1 Å². The number of Topliss-reactive ketones (excluding diaryl/α,β-unsaturated/α-hetero) is 1. The number of aromatic nitrogens is 2. The molecule has 24 heavy (non-hydrogen) atoms. The van der Waals surface area contributed by atoms with Crippen LogP contribution in [0.2, 0.25) is 0 Å². The number of fused-ring (bicyclic) bond motifs is 1. The fourth-order valence-corrected chi connectivity index (χ4v) is 2.72. The lowest BCUT2D eigenvalue weighted by Crippen LogP contribution is -2.23. The van der Waals surface area contributed by atoms with Crippen LogP contribution in [-0.4, -0.2) is 21.2 Å². The molecule has 0 fully saturated rings. The van der Waals surface area contributed by atoms with Gasteiger partial charge >= 0.3 is 0 Å². The molecular formula is C19H19N3O2. The molecule has 0 atom stereocenters. The summed E-state index contributed by atoms with van der Waals surface area (Å²) >= 11 is 0. The second kappa shape index (κ2) is 7.08. The maximum atomic E-state index is 12.1. The first-order chi connectivity index (χ1) is 11.6. The fraction of sp³-hybridized carbons (Fsp3) is 0.211. The summed E-state index contributed by atoms with van der Waals surface area (Å²) in [5, 5.41) is 3.83. The molecule has 5 heteroatoms. The van der Waals surface area contributed by atoms with Crippen LogP contribution in [-0.2, 0) is 17.9 Å². The minimum absolute atomic E-state index is 0.0195. The topological polar surface area (TPSA) is 64.0 Å². The number of benzene rings is 1. The molecule has 0 bridgehead atoms. The van der Waals surface area contributed by atoms with E-state index in [1.807, 2.05) is 47.2 Å². The van der Waals surface area contributed by atoms with Crippen LogP contribution in [0.4, 0.5) is 0 Å². The van der Waals surface area contributed by atoms with Crippen LogP contribution >= 0.6 is 0 Å². The first-order valence-electron chi connectivity index (χ1n) is 7.89. The van der Waals surface area contributed by atoms with Gasteiger partial charge in [0.15, 0.2) is 5.78 Å². The number of carbonyl (C=O) groups is 2. The van der Waals surface area contributed by atoms with Crippen molar-refractivity contribution in [2.45, 2.75) is 26.4 Å². The molecule has 5 nitrogen and oxygen atoms in total. The van der Waals surface area contributed by atoms with Crippen molar-refractivity contribution in [3.8, 4) is 0 Å². The minimum Gasteiger partial charge on any atom is -0.352 e. The van der Waals surface area contributed by atoms with Gasteiger partial charge in [0, 0.05) is 54.6 Å². The Labute approximate surface area is 140 Å². The van der Waals surface area contributed by atoms with Crippen LogP contribution in [0.15, 0.2) is 55.0 Å². The molecule has 1 amide bonds. The normalized spacial score (nSPS) is 10.7. The fourth-order valence-electron chi connectivity index (χ4n) is 2.72. The molecule has 0 unspecified atom stereocenters. The second-order valence-electron chi connectivity index (χ2n) is 5.69. The van der Waals surface area contributed by atoms with Gasteiger partial charge < -0.3 is 9.88 Å². The molecule has 0 aliphatic rings. The summed E-state index contributed by atoms with van der Waals surface area (Å²) in [5.41, 5.74) is 2.69. The molecule has 0 radical (unpaired) electrons. The highest BCUT2D eigenvalue weighted by molar-refractivity contribution is 6.06. The Morgan fingerprint density at radius 2 is 1.88 bits per heavy atom. The van der Waals surface area contributed by atoms with Crippen molar-refractivity contribution < 1.29 is 9.59 Å². The summed E-state index contributed by atoms with van der Waals surface area (Å²) in [6, 6.07) is 11.5. The van der Waals surface area contributed by atoms with E-state index in [1.165, 1.54) is 0 Å². The van der Waals surface area contributed by atoms with Crippen molar-refractivity contribution >= 4 is 22.6 Å². The molecule has 0 spiro atoms. The molecule has 0 aliphatic carbocycles. The van der Waals surface area contributed by atoms with E-state index < -0.39 is 0 Å². The highest BCUT2D eigenvalue weighted by Crippen LogP contribution is 2.22. The largest absolute Gasteiger partial charge is 0.352 e. The van der Waals surface area contributed by atoms with Crippen molar-refractivity contribution in [1.29, 1.82) is 0 Å². The number of aryl methyl sites for hydroxylation is 1. The van der Waals surface area contributed by atoms with Gasteiger partial charge in [0.1, 0.15) is 0 Å². The predicted molar refractivity (Wildman–Crippen MR) is 92.6 cm³/mol. The number of carbonyl (C=O) groups excluding carboxylic acids is 2. The van der Waals surface area contributed by atoms with Gasteiger partial charge in [-0.2, -0.15) is 0 Å². The number of pyridine rings is 1. The van der Waals surface area contributed by atoms with E-state index in [4.69, 9.17) is 0 Å². The highest BCUT2D eigenvalue weighted by Gasteiger charge is 2.12. The van der Waals surface area contributed by atoms with Gasteiger partial charge in [-0.3, -0.25) is 14.6 Å². The third-order valence-electron chi connectivity index (χ3n) is 3.99. The Hall–Kier alpha value is -2.95. The molecule has 3 rings (SSSR count). The van der Waals surface area contributed by atoms with Gasteiger partial charge in [-0.1, -0.05) is 18.2 Å². The Morgan fingerprint density at radius 3 is 2.62 bits per heavy atom. The van der Waals surface area contributed by atoms with Crippen molar-refractivity contribution in [2.75, 3.05) is 0 Å². The Kier molecular flexibility index (Phi) is 4.70. The Morgan fingerprint density at radius 1 is 1.12 bits per heavy atom. The van der Waals surface area contributed by atoms with Gasteiger partial charge in [-0.15, -0.1) is 0 Å². The molecule has 3 aromatic rings. The molecule has 122 valence electrons. The number of para-hydroxylation sites is 1. The van der Waals surface area contributed by atoms with Gasteiger partial charge in [-0.05, 0) is 30.7 Å². The first-order valence-corrected chi connectivity index (χ1v) is 7.89. The zero-order valence-corrected chi connectivity index (χ0v) is 13.5. The number of amides is 1. The third-order valence-corrected chi connectivity index (χ3v) is 3.99. The van der Waals surface area contributed by atoms with Crippen LogP contribution in [0.25, 0.3) is 10.9 Å². The molecule has 1 N–H and O–H groups in total. The van der Waals surface area contributed by atoms with E-state index >= 15 is 0 Å². The number of nitrogens with one attached hydrogen (secondary N) is 1.